The van der Waals surface area contributed by atoms with Crippen LogP contribution >= 0.6 is 15.6 Å². The van der Waals surface area contributed by atoms with Crippen molar-refractivity contribution < 1.29 is 42.1 Å². The third-order valence-corrected chi connectivity index (χ3v) is 3.89. The van der Waals surface area contributed by atoms with E-state index in [0.29, 0.717) is 19.8 Å². The summed E-state index contributed by atoms with van der Waals surface area (Å²) in [6.07, 6.45) is 2.01. The molecule has 0 spiro atoms. The van der Waals surface area contributed by atoms with Gasteiger partial charge in [0.1, 0.15) is 0 Å². The van der Waals surface area contributed by atoms with Gasteiger partial charge in [-0.15, -0.1) is 0 Å². The lowest BCUT2D eigenvalue weighted by molar-refractivity contribution is 0.0314. The van der Waals surface area contributed by atoms with Crippen LogP contribution in [0.2, 0.25) is 0 Å². The molecule has 3 N–H and O–H groups in total. The van der Waals surface area contributed by atoms with Gasteiger partial charge in [0.25, 0.3) is 0 Å². The fourth-order valence-corrected chi connectivity index (χ4v) is 2.51. The van der Waals surface area contributed by atoms with Crippen molar-refractivity contribution in [3.63, 3.8) is 0 Å². The molecule has 0 amide bonds. The Morgan fingerprint density at radius 1 is 0.895 bits per heavy atom. The molecular weight excluding hydrogens is 302 g/mol. The van der Waals surface area contributed by atoms with Gasteiger partial charge in [0.15, 0.2) is 0 Å². The average molecular weight is 322 g/mol. The second kappa shape index (κ2) is 9.99. The van der Waals surface area contributed by atoms with Gasteiger partial charge in [-0.2, -0.15) is 4.31 Å². The molecule has 0 aromatic rings. The van der Waals surface area contributed by atoms with Crippen LogP contribution in [-0.4, -0.2) is 47.7 Å². The highest BCUT2D eigenvalue weighted by Gasteiger charge is 2.31. The highest BCUT2D eigenvalue weighted by Crippen LogP contribution is 2.57. The van der Waals surface area contributed by atoms with Crippen LogP contribution in [0.5, 0.6) is 0 Å². The molecule has 0 saturated carbocycles. The Labute approximate surface area is 111 Å². The number of phosphoric ester groups is 1. The van der Waals surface area contributed by atoms with Crippen molar-refractivity contribution in [3.05, 3.63) is 0 Å². The van der Waals surface area contributed by atoms with Gasteiger partial charge in [-0.05, 0) is 6.42 Å². The topological polar surface area (TPSA) is 132 Å². The van der Waals surface area contributed by atoms with Gasteiger partial charge in [0.2, 0.25) is 0 Å². The molecule has 0 heterocycles. The zero-order chi connectivity index (χ0) is 14.8. The molecule has 0 saturated heterocycles. The van der Waals surface area contributed by atoms with Gasteiger partial charge in [0, 0.05) is 6.61 Å². The van der Waals surface area contributed by atoms with Gasteiger partial charge in [-0.1, -0.05) is 13.3 Å². The van der Waals surface area contributed by atoms with Crippen molar-refractivity contribution in [1.29, 1.82) is 0 Å². The van der Waals surface area contributed by atoms with Gasteiger partial charge >= 0.3 is 15.6 Å². The maximum atomic E-state index is 11.0. The third kappa shape index (κ3) is 14.4. The van der Waals surface area contributed by atoms with Crippen LogP contribution in [0, 0.1) is 0 Å². The molecule has 0 aliphatic carbocycles. The van der Waals surface area contributed by atoms with Crippen molar-refractivity contribution in [2.45, 2.75) is 19.8 Å². The largest absolute Gasteiger partial charge is 0.481 e. The molecule has 11 heteroatoms. The van der Waals surface area contributed by atoms with Crippen molar-refractivity contribution in [3.8, 4) is 0 Å². The fourth-order valence-electron chi connectivity index (χ4n) is 0.938. The standard InChI is InChI=1S/C8H20O9P2/c1-2-3-4-14-5-6-15-7-8-16-19(12,13)17-18(9,10)11/h2-8H2,1H3,(H,12,13)(H2,9,10,11). The molecule has 0 radical (unpaired) electrons. The summed E-state index contributed by atoms with van der Waals surface area (Å²) in [5.74, 6) is 0. The second-order valence-electron chi connectivity index (χ2n) is 3.45. The molecule has 0 aliphatic rings. The van der Waals surface area contributed by atoms with E-state index in [2.05, 4.69) is 8.83 Å². The van der Waals surface area contributed by atoms with E-state index in [1.807, 2.05) is 6.92 Å². The van der Waals surface area contributed by atoms with E-state index in [4.69, 9.17) is 24.2 Å². The summed E-state index contributed by atoms with van der Waals surface area (Å²) in [5.41, 5.74) is 0. The Morgan fingerprint density at radius 2 is 1.42 bits per heavy atom. The Kier molecular flexibility index (Phi) is 10.1. The summed E-state index contributed by atoms with van der Waals surface area (Å²) in [6, 6.07) is 0. The molecule has 0 rings (SSSR count). The van der Waals surface area contributed by atoms with E-state index in [1.54, 1.807) is 0 Å². The summed E-state index contributed by atoms with van der Waals surface area (Å²) in [7, 11) is -9.82. The Balaban J connectivity index is 3.48. The predicted molar refractivity (Wildman–Crippen MR) is 65.5 cm³/mol. The van der Waals surface area contributed by atoms with Crippen LogP contribution in [0.3, 0.4) is 0 Å². The smallest absolute Gasteiger partial charge is 0.379 e. The first-order chi connectivity index (χ1) is 8.77. The van der Waals surface area contributed by atoms with Gasteiger partial charge < -0.3 is 24.2 Å². The number of hydrogen-bond donors (Lipinski definition) is 3. The third-order valence-electron chi connectivity index (χ3n) is 1.71. The van der Waals surface area contributed by atoms with E-state index in [9.17, 15) is 9.13 Å². The minimum absolute atomic E-state index is 0.0216. The number of ether oxygens (including phenoxy) is 2. The van der Waals surface area contributed by atoms with E-state index in [1.165, 1.54) is 0 Å². The Hall–Kier alpha value is 0.180. The normalized spacial score (nSPS) is 15.4. The van der Waals surface area contributed by atoms with E-state index in [0.717, 1.165) is 12.8 Å². The first-order valence-corrected chi connectivity index (χ1v) is 8.69. The monoisotopic (exact) mass is 322 g/mol. The summed E-state index contributed by atoms with van der Waals surface area (Å²) in [4.78, 5) is 25.5. The zero-order valence-electron chi connectivity index (χ0n) is 10.6. The van der Waals surface area contributed by atoms with Crippen molar-refractivity contribution in [2.75, 3.05) is 33.0 Å². The molecule has 0 aromatic heterocycles. The molecule has 0 fully saturated rings. The van der Waals surface area contributed by atoms with Crippen molar-refractivity contribution >= 4 is 15.6 Å². The van der Waals surface area contributed by atoms with Crippen LogP contribution in [0.4, 0.5) is 0 Å². The molecule has 1 unspecified atom stereocenters. The van der Waals surface area contributed by atoms with E-state index < -0.39 is 15.6 Å². The zero-order valence-corrected chi connectivity index (χ0v) is 12.4. The molecular formula is C8H20O9P2. The minimum atomic E-state index is -5.06. The van der Waals surface area contributed by atoms with Crippen LogP contribution in [0.1, 0.15) is 19.8 Å². The molecule has 0 aromatic carbocycles. The molecule has 1 atom stereocenters. The van der Waals surface area contributed by atoms with Gasteiger partial charge in [-0.3, -0.25) is 4.52 Å². The number of rotatable bonds is 12. The van der Waals surface area contributed by atoms with Crippen molar-refractivity contribution in [2.24, 2.45) is 0 Å². The lowest BCUT2D eigenvalue weighted by atomic mass is 10.4. The molecule has 19 heavy (non-hydrogen) atoms. The summed E-state index contributed by atoms with van der Waals surface area (Å²) in [5, 5.41) is 0. The van der Waals surface area contributed by atoms with Crippen LogP contribution in [0.25, 0.3) is 0 Å². The lowest BCUT2D eigenvalue weighted by Crippen LogP contribution is -2.09. The Bertz CT molecular complexity index is 315. The highest BCUT2D eigenvalue weighted by atomic mass is 31.3. The molecule has 0 aliphatic heterocycles. The van der Waals surface area contributed by atoms with Gasteiger partial charge in [0.05, 0.1) is 26.4 Å². The summed E-state index contributed by atoms with van der Waals surface area (Å²) in [6.45, 7) is 3.04. The number of phosphoric acid groups is 2. The lowest BCUT2D eigenvalue weighted by Gasteiger charge is -2.12. The van der Waals surface area contributed by atoms with E-state index in [-0.39, 0.29) is 13.2 Å². The SMILES string of the molecule is CCCCOCCOCCOP(=O)(O)OP(=O)(O)O. The summed E-state index contributed by atoms with van der Waals surface area (Å²) < 4.78 is 39.3. The first-order valence-electron chi connectivity index (χ1n) is 5.66. The molecule has 9 nitrogen and oxygen atoms in total. The maximum absolute atomic E-state index is 11.0. The molecule has 0 bridgehead atoms. The summed E-state index contributed by atoms with van der Waals surface area (Å²) >= 11 is 0. The van der Waals surface area contributed by atoms with Gasteiger partial charge in [-0.25, -0.2) is 9.13 Å². The predicted octanol–water partition coefficient (Wildman–Crippen LogP) is 1.05. The van der Waals surface area contributed by atoms with Crippen LogP contribution in [-0.2, 0) is 27.4 Å². The average Bonchev–Trinajstić information content (AvgIpc) is 2.23. The van der Waals surface area contributed by atoms with Crippen LogP contribution in [0.15, 0.2) is 0 Å². The fraction of sp³-hybridized carbons (Fsp3) is 1.00. The highest BCUT2D eigenvalue weighted by molar-refractivity contribution is 7.60. The number of hydrogen-bond acceptors (Lipinski definition) is 6. The van der Waals surface area contributed by atoms with E-state index >= 15 is 0 Å². The quantitative estimate of drug-likeness (QED) is 0.356. The second-order valence-corrected chi connectivity index (χ2v) is 6.28. The first kappa shape index (κ1) is 19.2. The Morgan fingerprint density at radius 3 is 1.95 bits per heavy atom. The van der Waals surface area contributed by atoms with Crippen molar-refractivity contribution in [1.82, 2.24) is 0 Å². The maximum Gasteiger partial charge on any atom is 0.481 e. The number of unbranched alkanes of at least 4 members (excludes halogenated alkanes) is 1. The minimum Gasteiger partial charge on any atom is -0.379 e. The van der Waals surface area contributed by atoms with Crippen LogP contribution < -0.4 is 0 Å². The molecule has 116 valence electrons.